The van der Waals surface area contributed by atoms with Crippen molar-refractivity contribution in [2.24, 2.45) is 5.92 Å². The maximum absolute atomic E-state index is 12.5. The molecule has 0 aromatic carbocycles. The minimum atomic E-state index is -3.46. The Balaban J connectivity index is 1.89. The fourth-order valence-electron chi connectivity index (χ4n) is 2.86. The van der Waals surface area contributed by atoms with Crippen LogP contribution in [0.3, 0.4) is 0 Å². The zero-order chi connectivity index (χ0) is 15.7. The molecule has 2 rings (SSSR count). The Hall–Kier alpha value is -0.180. The van der Waals surface area contributed by atoms with Crippen LogP contribution in [0, 0.1) is 5.92 Å². The topological polar surface area (TPSA) is 74.8 Å². The summed E-state index contributed by atoms with van der Waals surface area (Å²) in [4.78, 5) is 2.29. The minimum Gasteiger partial charge on any atom is -0.301 e. The normalized spacial score (nSPS) is 28.2. The van der Waals surface area contributed by atoms with Gasteiger partial charge in [-0.15, -0.1) is 0 Å². The molecule has 0 radical (unpaired) electrons. The van der Waals surface area contributed by atoms with Gasteiger partial charge in [0.2, 0.25) is 10.0 Å². The maximum atomic E-state index is 12.5. The van der Waals surface area contributed by atoms with E-state index in [1.54, 1.807) is 0 Å². The summed E-state index contributed by atoms with van der Waals surface area (Å²) in [6, 6.07) is 0. The van der Waals surface area contributed by atoms with Crippen LogP contribution in [-0.2, 0) is 19.9 Å². The zero-order valence-electron chi connectivity index (χ0n) is 12.9. The number of hydrogen-bond donors (Lipinski definition) is 0. The fraction of sp³-hybridized carbons (Fsp3) is 1.00. The van der Waals surface area contributed by atoms with Gasteiger partial charge in [0, 0.05) is 26.2 Å². The van der Waals surface area contributed by atoms with Crippen molar-refractivity contribution in [1.29, 1.82) is 0 Å². The van der Waals surface area contributed by atoms with Crippen LogP contribution in [0.4, 0.5) is 0 Å². The second-order valence-electron chi connectivity index (χ2n) is 6.49. The Morgan fingerprint density at radius 1 is 1.14 bits per heavy atom. The molecule has 2 aliphatic rings. The van der Waals surface area contributed by atoms with Crippen molar-refractivity contribution >= 4 is 19.9 Å². The molecule has 1 unspecified atom stereocenters. The van der Waals surface area contributed by atoms with Gasteiger partial charge < -0.3 is 4.90 Å². The van der Waals surface area contributed by atoms with Gasteiger partial charge in [0.1, 0.15) is 0 Å². The van der Waals surface area contributed by atoms with Gasteiger partial charge in [0.15, 0.2) is 9.84 Å². The monoisotopic (exact) mass is 338 g/mol. The van der Waals surface area contributed by atoms with E-state index >= 15 is 0 Å². The van der Waals surface area contributed by atoms with Crippen molar-refractivity contribution in [1.82, 2.24) is 9.21 Å². The van der Waals surface area contributed by atoms with Crippen LogP contribution in [0.2, 0.25) is 0 Å². The molecule has 2 fully saturated rings. The van der Waals surface area contributed by atoms with Gasteiger partial charge >= 0.3 is 0 Å². The summed E-state index contributed by atoms with van der Waals surface area (Å²) in [6.45, 7) is 7.82. The summed E-state index contributed by atoms with van der Waals surface area (Å²) < 4.78 is 49.4. The van der Waals surface area contributed by atoms with Crippen molar-refractivity contribution in [2.75, 3.05) is 44.2 Å². The first-order chi connectivity index (χ1) is 9.71. The van der Waals surface area contributed by atoms with Crippen molar-refractivity contribution in [2.45, 2.75) is 31.9 Å². The smallest absolute Gasteiger partial charge is 0.218 e. The fourth-order valence-corrected chi connectivity index (χ4v) is 7.37. The van der Waals surface area contributed by atoms with E-state index in [-0.39, 0.29) is 17.9 Å². The molecular weight excluding hydrogens is 312 g/mol. The molecule has 1 atom stereocenters. The lowest BCUT2D eigenvalue weighted by Gasteiger charge is -2.35. The summed E-state index contributed by atoms with van der Waals surface area (Å²) in [5.41, 5.74) is 0. The van der Waals surface area contributed by atoms with Crippen molar-refractivity contribution < 1.29 is 16.8 Å². The zero-order valence-corrected chi connectivity index (χ0v) is 14.5. The van der Waals surface area contributed by atoms with E-state index in [4.69, 9.17) is 0 Å². The quantitative estimate of drug-likeness (QED) is 0.714. The molecule has 0 aromatic rings. The Labute approximate surface area is 128 Å². The lowest BCUT2D eigenvalue weighted by Crippen LogP contribution is -2.51. The second-order valence-corrected chi connectivity index (χ2v) is 10.9. The highest BCUT2D eigenvalue weighted by Crippen LogP contribution is 2.23. The molecule has 124 valence electrons. The Morgan fingerprint density at radius 3 is 2.24 bits per heavy atom. The summed E-state index contributed by atoms with van der Waals surface area (Å²) >= 11 is 0. The molecule has 0 N–H and O–H groups in total. The number of piperazine rings is 1. The number of sulfone groups is 1. The first-order valence-corrected chi connectivity index (χ1v) is 10.9. The van der Waals surface area contributed by atoms with E-state index in [1.165, 1.54) is 4.31 Å². The van der Waals surface area contributed by atoms with Gasteiger partial charge in [-0.3, -0.25) is 0 Å². The number of sulfonamides is 1. The van der Waals surface area contributed by atoms with Crippen LogP contribution >= 0.6 is 0 Å². The average molecular weight is 338 g/mol. The highest BCUT2D eigenvalue weighted by Gasteiger charge is 2.41. The van der Waals surface area contributed by atoms with Crippen molar-refractivity contribution in [3.05, 3.63) is 0 Å². The lowest BCUT2D eigenvalue weighted by atomic mass is 10.1. The molecule has 2 saturated heterocycles. The molecule has 2 heterocycles. The van der Waals surface area contributed by atoms with E-state index in [9.17, 15) is 16.8 Å². The first kappa shape index (κ1) is 17.2. The summed E-state index contributed by atoms with van der Waals surface area (Å²) in [6.07, 6.45) is 1.37. The van der Waals surface area contributed by atoms with Crippen LogP contribution in [0.15, 0.2) is 0 Å². The van der Waals surface area contributed by atoms with E-state index < -0.39 is 25.1 Å². The van der Waals surface area contributed by atoms with Crippen LogP contribution in [-0.4, -0.2) is 75.5 Å². The molecule has 6 nitrogen and oxygen atoms in total. The van der Waals surface area contributed by atoms with Crippen molar-refractivity contribution in [3.63, 3.8) is 0 Å². The number of hydrogen-bond acceptors (Lipinski definition) is 5. The highest BCUT2D eigenvalue weighted by molar-refractivity contribution is 7.95. The molecule has 0 amide bonds. The van der Waals surface area contributed by atoms with Crippen LogP contribution in [0.25, 0.3) is 0 Å². The second kappa shape index (κ2) is 6.52. The molecule has 0 spiro atoms. The van der Waals surface area contributed by atoms with Crippen molar-refractivity contribution in [3.8, 4) is 0 Å². The molecule has 2 aliphatic heterocycles. The van der Waals surface area contributed by atoms with Gasteiger partial charge in [0.05, 0.1) is 16.8 Å². The van der Waals surface area contributed by atoms with Crippen LogP contribution < -0.4 is 0 Å². The molecule has 0 bridgehead atoms. The Bertz CT molecular complexity index is 549. The molecule has 8 heteroatoms. The third-order valence-electron chi connectivity index (χ3n) is 4.33. The van der Waals surface area contributed by atoms with Gasteiger partial charge in [-0.2, -0.15) is 4.31 Å². The third-order valence-corrected chi connectivity index (χ3v) is 8.63. The van der Waals surface area contributed by atoms with Gasteiger partial charge in [-0.1, -0.05) is 13.8 Å². The van der Waals surface area contributed by atoms with Gasteiger partial charge in [-0.25, -0.2) is 16.8 Å². The summed E-state index contributed by atoms with van der Waals surface area (Å²) in [5, 5.41) is -0.732. The number of rotatable bonds is 5. The molecular formula is C13H26N2O4S2. The van der Waals surface area contributed by atoms with Crippen LogP contribution in [0.1, 0.15) is 26.7 Å². The van der Waals surface area contributed by atoms with Gasteiger partial charge in [-0.05, 0) is 25.3 Å². The van der Waals surface area contributed by atoms with Crippen LogP contribution in [0.5, 0.6) is 0 Å². The minimum absolute atomic E-state index is 0.00521. The first-order valence-electron chi connectivity index (χ1n) is 7.62. The SMILES string of the molecule is CC(C)CCN1CCN(S(=O)(=O)C2CCS(=O)(=O)C2)CC1. The average Bonchev–Trinajstić information content (AvgIpc) is 2.78. The maximum Gasteiger partial charge on any atom is 0.218 e. The molecule has 0 aromatic heterocycles. The van der Waals surface area contributed by atoms with E-state index in [0.717, 1.165) is 26.1 Å². The largest absolute Gasteiger partial charge is 0.301 e. The Kier molecular flexibility index (Phi) is 5.33. The van der Waals surface area contributed by atoms with Gasteiger partial charge in [0.25, 0.3) is 0 Å². The highest BCUT2D eigenvalue weighted by atomic mass is 32.2. The standard InChI is InChI=1S/C13H26N2O4S2/c1-12(2)3-5-14-6-8-15(9-7-14)21(18,19)13-4-10-20(16,17)11-13/h12-13H,3-11H2,1-2H3. The van der Waals surface area contributed by atoms with E-state index in [2.05, 4.69) is 18.7 Å². The molecule has 0 aliphatic carbocycles. The summed E-state index contributed by atoms with van der Waals surface area (Å²) in [7, 11) is -6.62. The number of nitrogens with zero attached hydrogens (tertiary/aromatic N) is 2. The summed E-state index contributed by atoms with van der Waals surface area (Å²) in [5.74, 6) is 0.448. The Morgan fingerprint density at radius 2 is 1.76 bits per heavy atom. The van der Waals surface area contributed by atoms with E-state index in [1.807, 2.05) is 0 Å². The third kappa shape index (κ3) is 4.40. The predicted octanol–water partition coefficient (Wildman–Crippen LogP) is 0.167. The lowest BCUT2D eigenvalue weighted by molar-refractivity contribution is 0.180. The predicted molar refractivity (Wildman–Crippen MR) is 83.4 cm³/mol. The molecule has 21 heavy (non-hydrogen) atoms. The van der Waals surface area contributed by atoms with E-state index in [0.29, 0.717) is 19.0 Å². The molecule has 0 saturated carbocycles.